The minimum Gasteiger partial charge on any atom is -0.277 e. The first-order valence-electron chi connectivity index (χ1n) is 20.2. The van der Waals surface area contributed by atoms with Gasteiger partial charge in [0.1, 0.15) is 0 Å². The molecule has 0 atom stereocenters. The predicted molar refractivity (Wildman–Crippen MR) is 246 cm³/mol. The van der Waals surface area contributed by atoms with Crippen molar-refractivity contribution in [3.8, 4) is 11.4 Å². The van der Waals surface area contributed by atoms with Crippen molar-refractivity contribution in [2.75, 3.05) is 0 Å². The second-order valence-corrected chi connectivity index (χ2v) is 16.8. The van der Waals surface area contributed by atoms with E-state index in [0.29, 0.717) is 11.4 Å². The van der Waals surface area contributed by atoms with Gasteiger partial charge in [0, 0.05) is 14.1 Å². The molecule has 0 saturated carbocycles. The van der Waals surface area contributed by atoms with Gasteiger partial charge in [-0.2, -0.15) is 0 Å². The van der Waals surface area contributed by atoms with Gasteiger partial charge in [-0.05, 0) is 154 Å². The molecule has 12 heteroatoms. The Kier molecular flexibility index (Phi) is 9.61. The zero-order valence-corrected chi connectivity index (χ0v) is 36.5. The van der Waals surface area contributed by atoms with E-state index in [9.17, 15) is 38.4 Å². The fourth-order valence-corrected chi connectivity index (χ4v) is 9.17. The van der Waals surface area contributed by atoms with Crippen LogP contribution in [0.2, 0.25) is 0 Å². The Bertz CT molecular complexity index is 3710. The van der Waals surface area contributed by atoms with Gasteiger partial charge >= 0.3 is 0 Å². The summed E-state index contributed by atoms with van der Waals surface area (Å²) in [6.45, 7) is 17.8. The van der Waals surface area contributed by atoms with Gasteiger partial charge in [0.25, 0.3) is 44.5 Å². The number of fused-ring (bicyclic) bond motifs is 4. The molecule has 0 spiro atoms. The highest BCUT2D eigenvalue weighted by atomic mass is 16.2. The lowest BCUT2D eigenvalue weighted by atomic mass is 9.94. The molecule has 0 aliphatic heterocycles. The van der Waals surface area contributed by atoms with Crippen molar-refractivity contribution < 1.29 is 0 Å². The lowest BCUT2D eigenvalue weighted by Crippen LogP contribution is -2.25. The molecule has 0 fully saturated rings. The largest absolute Gasteiger partial charge is 0.277 e. The molecular weight excluding hydrogens is 785 g/mol. The van der Waals surface area contributed by atoms with Gasteiger partial charge in [-0.1, -0.05) is 30.3 Å². The van der Waals surface area contributed by atoms with Crippen LogP contribution >= 0.6 is 0 Å². The predicted octanol–water partition coefficient (Wildman–Crippen LogP) is 5.24. The lowest BCUT2D eigenvalue weighted by molar-refractivity contribution is 0.856. The average molecular weight is 829 g/mol. The van der Waals surface area contributed by atoms with Crippen LogP contribution in [0.1, 0.15) is 61.2 Å². The topological polar surface area (TPSA) is 156 Å². The molecule has 62 heavy (non-hydrogen) atoms. The summed E-state index contributed by atoms with van der Waals surface area (Å²) in [4.78, 5) is 102. The number of hydrogen-bond acceptors (Lipinski definition) is 8. The van der Waals surface area contributed by atoms with Gasteiger partial charge in [0.15, 0.2) is 0 Å². The maximum atomic E-state index is 13.4. The maximum Gasteiger partial charge on any atom is 0.266 e. The number of rotatable bonds is 4. The summed E-state index contributed by atoms with van der Waals surface area (Å²) in [6.07, 6.45) is 0.747. The van der Waals surface area contributed by atoms with Gasteiger partial charge in [-0.3, -0.25) is 47.5 Å². The summed E-state index contributed by atoms with van der Waals surface area (Å²) in [5, 5.41) is 1.27. The second kappa shape index (κ2) is 14.4. The third-order valence-electron chi connectivity index (χ3n) is 12.9. The normalized spacial score (nSPS) is 11.7. The van der Waals surface area contributed by atoms with E-state index < -0.39 is 44.5 Å². The molecule has 5 aromatic carbocycles. The molecule has 0 radical (unpaired) electrons. The Morgan fingerprint density at radius 3 is 0.935 bits per heavy atom. The van der Waals surface area contributed by atoms with E-state index in [1.807, 2.05) is 59.7 Å². The first-order chi connectivity index (χ1) is 29.1. The van der Waals surface area contributed by atoms with Crippen LogP contribution in [0.3, 0.4) is 0 Å². The van der Waals surface area contributed by atoms with Gasteiger partial charge in [-0.25, -0.2) is 9.13 Å². The summed E-state index contributed by atoms with van der Waals surface area (Å²) in [5.74, 6) is 0. The quantitative estimate of drug-likeness (QED) is 0.233. The van der Waals surface area contributed by atoms with E-state index in [1.54, 1.807) is 0 Å². The first kappa shape index (κ1) is 41.4. The van der Waals surface area contributed by atoms with Crippen LogP contribution in [0, 0.1) is 62.3 Å². The molecule has 0 saturated heterocycles. The first-order valence-corrected chi connectivity index (χ1v) is 20.2. The smallest absolute Gasteiger partial charge is 0.266 e. The van der Waals surface area contributed by atoms with Crippen molar-refractivity contribution >= 4 is 43.1 Å². The van der Waals surface area contributed by atoms with Gasteiger partial charge in [-0.15, -0.1) is 0 Å². The molecule has 4 heterocycles. The third-order valence-corrected chi connectivity index (χ3v) is 12.9. The molecule has 0 amide bonds. The summed E-state index contributed by atoms with van der Waals surface area (Å²) in [5.41, 5.74) is 8.89. The number of benzene rings is 5. The van der Waals surface area contributed by atoms with Crippen LogP contribution in [-0.2, 0) is 20.5 Å². The van der Waals surface area contributed by atoms with Crippen molar-refractivity contribution in [1.82, 2.24) is 18.3 Å². The standard InChI is InChI=1S/C29H26N2O4.C21H18N2O4/c1-14-7-19(8-15(2)18(14)5)11-20-9-16(3)25(17(4)10-20)31-28(34)23-12-21-22(13-24(23)29(31)35)27(33)30(6)26(21)32;1-9-6-10(2)17(12(4)11(9)3)23-20(26)15-7-13-14(8-16(15)21(23)27)19(25)22(5)18(13)24/h7-10,12-13H,11H2,1-6H3;6-8H,1-5H3. The average Bonchev–Trinajstić information content (AvgIpc) is 3.78. The lowest BCUT2D eigenvalue weighted by Gasteiger charge is -2.14. The SMILES string of the molecule is Cc1cc(C)c(-n2c(=O)c3cc4c(=O)n(C)c(=O)c4cc3c2=O)c(C)c1C.Cc1cc(Cc2cc(C)c(-n3c(=O)c4cc5c(=O)n(C)c(=O)c5cc4c3=O)c(C)c2)cc(C)c1C. The van der Waals surface area contributed by atoms with E-state index in [-0.39, 0.29) is 43.1 Å². The van der Waals surface area contributed by atoms with E-state index in [1.165, 1.54) is 65.2 Å². The Morgan fingerprint density at radius 1 is 0.306 bits per heavy atom. The van der Waals surface area contributed by atoms with Gasteiger partial charge in [0.2, 0.25) is 0 Å². The number of aryl methyl sites for hydroxylation is 6. The summed E-state index contributed by atoms with van der Waals surface area (Å²) in [6, 6.07) is 15.9. The van der Waals surface area contributed by atoms with Gasteiger partial charge < -0.3 is 0 Å². The Morgan fingerprint density at radius 2 is 0.581 bits per heavy atom. The molecule has 0 aliphatic rings. The summed E-state index contributed by atoms with van der Waals surface area (Å²) < 4.78 is 4.32. The number of aromatic nitrogens is 4. The molecule has 312 valence electrons. The van der Waals surface area contributed by atoms with Gasteiger partial charge in [0.05, 0.1) is 54.5 Å². The van der Waals surface area contributed by atoms with E-state index in [2.05, 4.69) is 32.9 Å². The molecule has 0 bridgehead atoms. The van der Waals surface area contributed by atoms with E-state index in [0.717, 1.165) is 59.1 Å². The maximum absolute atomic E-state index is 13.4. The summed E-state index contributed by atoms with van der Waals surface area (Å²) >= 11 is 0. The third kappa shape index (κ3) is 6.03. The van der Waals surface area contributed by atoms with Crippen LogP contribution in [-0.4, -0.2) is 18.3 Å². The second-order valence-electron chi connectivity index (χ2n) is 16.8. The minimum atomic E-state index is -0.480. The van der Waals surface area contributed by atoms with Crippen LogP contribution in [0.25, 0.3) is 54.5 Å². The van der Waals surface area contributed by atoms with Crippen molar-refractivity contribution in [2.24, 2.45) is 14.1 Å². The van der Waals surface area contributed by atoms with Crippen molar-refractivity contribution in [3.63, 3.8) is 0 Å². The Labute approximate surface area is 353 Å². The molecule has 9 aromatic rings. The molecular formula is C50H44N4O8. The minimum absolute atomic E-state index is 0.152. The summed E-state index contributed by atoms with van der Waals surface area (Å²) in [7, 11) is 2.77. The van der Waals surface area contributed by atoms with Crippen molar-refractivity contribution in [1.29, 1.82) is 0 Å². The molecule has 12 nitrogen and oxygen atoms in total. The number of nitrogens with zero attached hydrogens (tertiary/aromatic N) is 4. The van der Waals surface area contributed by atoms with Crippen molar-refractivity contribution in [2.45, 2.75) is 68.7 Å². The highest BCUT2D eigenvalue weighted by Gasteiger charge is 2.23. The fraction of sp³-hybridized carbons (Fsp3) is 0.240. The molecule has 0 unspecified atom stereocenters. The fourth-order valence-electron chi connectivity index (χ4n) is 9.17. The monoisotopic (exact) mass is 828 g/mol. The molecule has 9 rings (SSSR count). The Hall–Kier alpha value is -7.34. The van der Waals surface area contributed by atoms with Crippen LogP contribution in [0.5, 0.6) is 0 Å². The van der Waals surface area contributed by atoms with E-state index in [4.69, 9.17) is 0 Å². The molecule has 4 aromatic heterocycles. The van der Waals surface area contributed by atoms with Crippen LogP contribution in [0.4, 0.5) is 0 Å². The highest BCUT2D eigenvalue weighted by molar-refractivity contribution is 5.99. The molecule has 0 N–H and O–H groups in total. The molecule has 0 aliphatic carbocycles. The van der Waals surface area contributed by atoms with Crippen molar-refractivity contribution in [3.05, 3.63) is 199 Å². The van der Waals surface area contributed by atoms with Crippen LogP contribution in [0.15, 0.2) is 93.0 Å². The number of hydrogen-bond donors (Lipinski definition) is 0. The highest BCUT2D eigenvalue weighted by Crippen LogP contribution is 2.27. The zero-order valence-electron chi connectivity index (χ0n) is 36.5. The zero-order chi connectivity index (χ0) is 45.1. The Balaban J connectivity index is 0.000000176. The van der Waals surface area contributed by atoms with Crippen LogP contribution < -0.4 is 44.5 Å². The van der Waals surface area contributed by atoms with E-state index >= 15 is 0 Å².